The van der Waals surface area contributed by atoms with Gasteiger partial charge in [-0.3, -0.25) is 4.79 Å². The molecule has 1 aliphatic carbocycles. The normalized spacial score (nSPS) is 20.5. The first-order valence-electron chi connectivity index (χ1n) is 13.4. The molecule has 42 heavy (non-hydrogen) atoms. The van der Waals surface area contributed by atoms with Crippen LogP contribution in [-0.4, -0.2) is 63.2 Å². The van der Waals surface area contributed by atoms with Gasteiger partial charge in [0.05, 0.1) is 39.8 Å². The van der Waals surface area contributed by atoms with E-state index in [9.17, 15) is 26.7 Å². The number of carbonyl (C=O) groups excluding carboxylic acids is 1. The molecule has 0 bridgehead atoms. The Morgan fingerprint density at radius 2 is 1.98 bits per heavy atom. The van der Waals surface area contributed by atoms with E-state index in [4.69, 9.17) is 4.52 Å². The zero-order chi connectivity index (χ0) is 29.6. The van der Waals surface area contributed by atoms with Gasteiger partial charge in [0.2, 0.25) is 17.6 Å². The molecule has 0 unspecified atom stereocenters. The second kappa shape index (κ2) is 10.9. The van der Waals surface area contributed by atoms with E-state index in [1.165, 1.54) is 28.8 Å². The van der Waals surface area contributed by atoms with Gasteiger partial charge in [0, 0.05) is 31.0 Å². The monoisotopic (exact) mass is 606 g/mol. The predicted octanol–water partition coefficient (Wildman–Crippen LogP) is 5.54. The number of piperidine rings is 1. The highest BCUT2D eigenvalue weighted by atomic mass is 32.2. The fraction of sp³-hybridized carbons (Fsp3) is 0.393. The highest BCUT2D eigenvalue weighted by Gasteiger charge is 2.51. The number of alkyl halides is 4. The second-order valence-electron chi connectivity index (χ2n) is 10.7. The maximum Gasteiger partial charge on any atom is 0.447 e. The van der Waals surface area contributed by atoms with Crippen LogP contribution in [0.4, 0.5) is 27.6 Å². The van der Waals surface area contributed by atoms with Crippen LogP contribution in [0.3, 0.4) is 0 Å². The third-order valence-corrected chi connectivity index (χ3v) is 8.59. The number of anilines is 1. The minimum atomic E-state index is -4.61. The number of carbonyl (C=O) groups is 1. The number of rotatable bonds is 8. The molecule has 8 nitrogen and oxygen atoms in total. The van der Waals surface area contributed by atoms with Crippen LogP contribution in [0.2, 0.25) is 0 Å². The molecule has 2 atom stereocenters. The van der Waals surface area contributed by atoms with Crippen molar-refractivity contribution in [1.82, 2.24) is 24.8 Å². The average molecular weight is 607 g/mol. The highest BCUT2D eigenvalue weighted by Crippen LogP contribution is 2.48. The molecule has 6 rings (SSSR count). The van der Waals surface area contributed by atoms with Crippen LogP contribution < -0.4 is 10.6 Å². The third-order valence-electron chi connectivity index (χ3n) is 7.75. The molecule has 1 aliphatic heterocycles. The fourth-order valence-corrected chi connectivity index (χ4v) is 6.13. The van der Waals surface area contributed by atoms with Crippen molar-refractivity contribution in [3.05, 3.63) is 65.9 Å². The van der Waals surface area contributed by atoms with Crippen LogP contribution in [-0.2, 0) is 16.8 Å². The van der Waals surface area contributed by atoms with Crippen LogP contribution >= 0.6 is 11.8 Å². The number of amides is 1. The van der Waals surface area contributed by atoms with E-state index >= 15 is 0 Å². The van der Waals surface area contributed by atoms with Gasteiger partial charge in [-0.05, 0) is 62.2 Å². The van der Waals surface area contributed by atoms with Crippen LogP contribution in [0.1, 0.15) is 30.7 Å². The van der Waals surface area contributed by atoms with Crippen molar-refractivity contribution in [2.75, 3.05) is 25.5 Å². The van der Waals surface area contributed by atoms with E-state index in [2.05, 4.69) is 20.8 Å². The number of hydrogen-bond donors (Lipinski definition) is 2. The molecule has 2 N–H and O–H groups in total. The van der Waals surface area contributed by atoms with Crippen LogP contribution in [0, 0.1) is 5.82 Å². The molecule has 1 aromatic carbocycles. The molecule has 222 valence electrons. The Morgan fingerprint density at radius 1 is 1.21 bits per heavy atom. The molecule has 1 amide bonds. The molecule has 0 radical (unpaired) electrons. The standard InChI is InChI=1S/C28H27F5N6O2S/c1-38-12-8-20(19(30)15-38)35-21-3-2-11-39-22(21)13-18(25(39)42-28(31,32)33)24-36-23(41-37-24)14-34-26(40)27(9-10-27)16-4-6-17(29)7-5-16/h2-7,11,13,19-20,35H,8-10,12,14-15H2,1H3,(H,34,40)/t19-,20+/m0/s1. The van der Waals surface area contributed by atoms with Gasteiger partial charge in [-0.2, -0.15) is 18.2 Å². The van der Waals surface area contributed by atoms with E-state index in [0.29, 0.717) is 42.6 Å². The van der Waals surface area contributed by atoms with Gasteiger partial charge in [0.15, 0.2) is 0 Å². The lowest BCUT2D eigenvalue weighted by Crippen LogP contribution is -2.46. The molecule has 2 fully saturated rings. The molecule has 14 heteroatoms. The summed E-state index contributed by atoms with van der Waals surface area (Å²) in [6.07, 6.45) is 2.10. The molecule has 1 saturated heterocycles. The van der Waals surface area contributed by atoms with Crippen molar-refractivity contribution in [3.8, 4) is 11.4 Å². The first kappa shape index (κ1) is 28.5. The van der Waals surface area contributed by atoms with Crippen molar-refractivity contribution >= 4 is 28.9 Å². The maximum atomic E-state index is 14.7. The smallest absolute Gasteiger partial charge is 0.378 e. The topological polar surface area (TPSA) is 87.7 Å². The first-order chi connectivity index (χ1) is 20.0. The Morgan fingerprint density at radius 3 is 2.67 bits per heavy atom. The Bertz CT molecular complexity index is 1600. The molecular weight excluding hydrogens is 579 g/mol. The minimum Gasteiger partial charge on any atom is -0.378 e. The van der Waals surface area contributed by atoms with E-state index in [1.54, 1.807) is 24.3 Å². The number of aromatic nitrogens is 3. The van der Waals surface area contributed by atoms with E-state index in [-0.39, 0.29) is 53.1 Å². The molecule has 4 heterocycles. The zero-order valence-electron chi connectivity index (χ0n) is 22.4. The number of hydrogen-bond acceptors (Lipinski definition) is 7. The molecule has 1 saturated carbocycles. The van der Waals surface area contributed by atoms with Gasteiger partial charge in [-0.1, -0.05) is 17.3 Å². The number of nitrogens with one attached hydrogen (secondary N) is 2. The molecular formula is C28H27F5N6O2S. The van der Waals surface area contributed by atoms with Gasteiger partial charge < -0.3 is 24.5 Å². The van der Waals surface area contributed by atoms with Crippen molar-refractivity contribution in [2.45, 2.75) is 54.0 Å². The van der Waals surface area contributed by atoms with Crippen molar-refractivity contribution < 1.29 is 31.3 Å². The summed E-state index contributed by atoms with van der Waals surface area (Å²) in [5.41, 5.74) is -3.70. The van der Waals surface area contributed by atoms with Crippen LogP contribution in [0.25, 0.3) is 16.9 Å². The van der Waals surface area contributed by atoms with Crippen LogP contribution in [0.5, 0.6) is 0 Å². The minimum absolute atomic E-state index is 0.0106. The lowest BCUT2D eigenvalue weighted by molar-refractivity contribution is -0.123. The van der Waals surface area contributed by atoms with E-state index < -0.39 is 29.0 Å². The zero-order valence-corrected chi connectivity index (χ0v) is 23.2. The van der Waals surface area contributed by atoms with Crippen LogP contribution in [0.15, 0.2) is 58.2 Å². The van der Waals surface area contributed by atoms with Crippen molar-refractivity contribution in [1.29, 1.82) is 0 Å². The SMILES string of the molecule is CN1CC[C@@H](Nc2cccn3c(SC(F)(F)F)c(-c4noc(CNC(=O)C5(c6ccc(F)cc6)CC5)n4)cc23)[C@@H](F)C1. The summed E-state index contributed by atoms with van der Waals surface area (Å²) in [4.78, 5) is 19.1. The van der Waals surface area contributed by atoms with Crippen molar-refractivity contribution in [2.24, 2.45) is 0 Å². The van der Waals surface area contributed by atoms with Gasteiger partial charge in [-0.15, -0.1) is 0 Å². The quantitative estimate of drug-likeness (QED) is 0.201. The Kier molecular flexibility index (Phi) is 7.37. The van der Waals surface area contributed by atoms with Gasteiger partial charge >= 0.3 is 5.51 Å². The summed E-state index contributed by atoms with van der Waals surface area (Å²) in [6.45, 7) is 0.815. The molecule has 2 aliphatic rings. The van der Waals surface area contributed by atoms with Gasteiger partial charge in [0.1, 0.15) is 12.0 Å². The Labute approximate surface area is 241 Å². The fourth-order valence-electron chi connectivity index (χ4n) is 5.39. The molecule has 4 aromatic rings. The number of halogens is 5. The lowest BCUT2D eigenvalue weighted by atomic mass is 9.95. The number of pyridine rings is 1. The lowest BCUT2D eigenvalue weighted by Gasteiger charge is -2.33. The number of likely N-dealkylation sites (tertiary alicyclic amines) is 1. The summed E-state index contributed by atoms with van der Waals surface area (Å²) in [6, 6.07) is 10.1. The average Bonchev–Trinajstić information content (AvgIpc) is 3.48. The molecule has 3 aromatic heterocycles. The first-order valence-corrected chi connectivity index (χ1v) is 14.2. The summed E-state index contributed by atoms with van der Waals surface area (Å²) in [7, 11) is 1.84. The number of thioether (sulfide) groups is 1. The Hall–Kier alpha value is -3.65. The number of fused-ring (bicyclic) bond motifs is 1. The number of nitrogens with zero attached hydrogens (tertiary/aromatic N) is 4. The third kappa shape index (κ3) is 5.69. The summed E-state index contributed by atoms with van der Waals surface area (Å²) in [5, 5.41) is 9.66. The largest absolute Gasteiger partial charge is 0.447 e. The second-order valence-corrected chi connectivity index (χ2v) is 11.7. The van der Waals surface area contributed by atoms with E-state index in [1.807, 2.05) is 11.9 Å². The van der Waals surface area contributed by atoms with Gasteiger partial charge in [0.25, 0.3) is 0 Å². The highest BCUT2D eigenvalue weighted by molar-refractivity contribution is 8.00. The predicted molar refractivity (Wildman–Crippen MR) is 146 cm³/mol. The summed E-state index contributed by atoms with van der Waals surface area (Å²) in [5.74, 6) is -0.752. The summed E-state index contributed by atoms with van der Waals surface area (Å²) >= 11 is -0.312. The molecule has 0 spiro atoms. The van der Waals surface area contributed by atoms with Crippen molar-refractivity contribution in [3.63, 3.8) is 0 Å². The number of benzene rings is 1. The van der Waals surface area contributed by atoms with E-state index in [0.717, 1.165) is 0 Å². The van der Waals surface area contributed by atoms with Gasteiger partial charge in [-0.25, -0.2) is 8.78 Å². The summed E-state index contributed by atoms with van der Waals surface area (Å²) < 4.78 is 75.7. The maximum absolute atomic E-state index is 14.7. The Balaban J connectivity index is 1.25.